The van der Waals surface area contributed by atoms with Crippen LogP contribution in [0.5, 0.6) is 5.75 Å². The molecule has 0 aliphatic heterocycles. The number of rotatable bonds is 6. The minimum absolute atomic E-state index is 0.796. The first-order valence-electron chi connectivity index (χ1n) is 7.53. The molecule has 1 heterocycles. The summed E-state index contributed by atoms with van der Waals surface area (Å²) in [7, 11) is 1.73. The van der Waals surface area contributed by atoms with Gasteiger partial charge in [0.2, 0.25) is 0 Å². The molecule has 0 aliphatic carbocycles. The molecule has 3 heteroatoms. The Morgan fingerprint density at radius 1 is 1.05 bits per heavy atom. The Balaban J connectivity index is 1.70. The summed E-state index contributed by atoms with van der Waals surface area (Å²) in [4.78, 5) is 4.14. The number of methoxy groups -OCH3 is 1. The lowest BCUT2D eigenvalue weighted by atomic mass is 10.0. The van der Waals surface area contributed by atoms with Crippen LogP contribution in [0.1, 0.15) is 11.1 Å². The first kappa shape index (κ1) is 14.5. The van der Waals surface area contributed by atoms with Crippen LogP contribution in [0.4, 0.5) is 0 Å². The number of fused-ring (bicyclic) bond motifs is 1. The number of ether oxygens (including phenoxy) is 1. The maximum atomic E-state index is 5.52. The molecule has 3 nitrogen and oxygen atoms in total. The van der Waals surface area contributed by atoms with Gasteiger partial charge in [-0.1, -0.05) is 36.4 Å². The Morgan fingerprint density at radius 2 is 1.95 bits per heavy atom. The van der Waals surface area contributed by atoms with E-state index in [1.54, 1.807) is 13.3 Å². The van der Waals surface area contributed by atoms with Crippen LogP contribution >= 0.6 is 0 Å². The van der Waals surface area contributed by atoms with E-state index in [0.717, 1.165) is 25.3 Å². The van der Waals surface area contributed by atoms with Crippen LogP contribution in [-0.2, 0) is 13.0 Å². The zero-order valence-electron chi connectivity index (χ0n) is 12.8. The van der Waals surface area contributed by atoms with Gasteiger partial charge in [0.05, 0.1) is 7.11 Å². The van der Waals surface area contributed by atoms with Crippen molar-refractivity contribution in [2.45, 2.75) is 13.0 Å². The van der Waals surface area contributed by atoms with Gasteiger partial charge in [0.15, 0.2) is 0 Å². The van der Waals surface area contributed by atoms with Crippen molar-refractivity contribution in [3.05, 3.63) is 72.1 Å². The molecule has 3 aromatic rings. The van der Waals surface area contributed by atoms with Crippen molar-refractivity contribution < 1.29 is 4.74 Å². The van der Waals surface area contributed by atoms with Crippen molar-refractivity contribution in [1.29, 1.82) is 0 Å². The molecule has 0 radical (unpaired) electrons. The summed E-state index contributed by atoms with van der Waals surface area (Å²) >= 11 is 0. The van der Waals surface area contributed by atoms with Crippen LogP contribution in [0.15, 0.2) is 60.9 Å². The molecular weight excluding hydrogens is 272 g/mol. The van der Waals surface area contributed by atoms with Crippen molar-refractivity contribution in [3.63, 3.8) is 0 Å². The van der Waals surface area contributed by atoms with E-state index in [1.807, 2.05) is 18.3 Å². The molecule has 3 rings (SSSR count). The number of nitrogens with zero attached hydrogens (tertiary/aromatic N) is 1. The summed E-state index contributed by atoms with van der Waals surface area (Å²) in [5.41, 5.74) is 2.46. The normalized spacial score (nSPS) is 10.8. The molecule has 0 aliphatic rings. The van der Waals surface area contributed by atoms with Gasteiger partial charge in [0.25, 0.3) is 0 Å². The second-order valence-corrected chi connectivity index (χ2v) is 5.26. The number of aromatic nitrogens is 1. The van der Waals surface area contributed by atoms with E-state index < -0.39 is 0 Å². The van der Waals surface area contributed by atoms with Crippen molar-refractivity contribution in [2.24, 2.45) is 0 Å². The lowest BCUT2D eigenvalue weighted by molar-refractivity contribution is 0.409. The average molecular weight is 292 g/mol. The van der Waals surface area contributed by atoms with E-state index in [4.69, 9.17) is 4.74 Å². The Labute approximate surface area is 131 Å². The van der Waals surface area contributed by atoms with Crippen molar-refractivity contribution >= 4 is 10.8 Å². The molecule has 22 heavy (non-hydrogen) atoms. The van der Waals surface area contributed by atoms with Gasteiger partial charge in [-0.3, -0.25) is 4.98 Å². The molecule has 0 saturated carbocycles. The van der Waals surface area contributed by atoms with E-state index in [2.05, 4.69) is 46.7 Å². The van der Waals surface area contributed by atoms with Crippen LogP contribution in [0.3, 0.4) is 0 Å². The molecular formula is C19H20N2O. The minimum atomic E-state index is 0.796. The molecule has 1 N–H and O–H groups in total. The third kappa shape index (κ3) is 3.26. The molecule has 112 valence electrons. The zero-order chi connectivity index (χ0) is 15.2. The standard InChI is InChI=1S/C19H20N2O/c1-22-19-9-8-16-6-2-3-7-17(16)18(19)14-21-12-10-15-5-4-11-20-13-15/h2-9,11,13,21H,10,12,14H2,1H3. The first-order valence-corrected chi connectivity index (χ1v) is 7.53. The predicted octanol–water partition coefficient (Wildman–Crippen LogP) is 3.58. The van der Waals surface area contributed by atoms with E-state index in [1.165, 1.54) is 21.9 Å². The summed E-state index contributed by atoms with van der Waals surface area (Å²) in [6, 6.07) is 16.6. The van der Waals surface area contributed by atoms with E-state index in [0.29, 0.717) is 0 Å². The topological polar surface area (TPSA) is 34.1 Å². The Hall–Kier alpha value is -2.39. The van der Waals surface area contributed by atoms with Gasteiger partial charge in [-0.25, -0.2) is 0 Å². The summed E-state index contributed by atoms with van der Waals surface area (Å²) in [5, 5.41) is 6.00. The zero-order valence-corrected chi connectivity index (χ0v) is 12.8. The van der Waals surface area contributed by atoms with Crippen LogP contribution < -0.4 is 10.1 Å². The number of benzene rings is 2. The van der Waals surface area contributed by atoms with Gasteiger partial charge < -0.3 is 10.1 Å². The number of nitrogens with one attached hydrogen (secondary N) is 1. The van der Waals surface area contributed by atoms with E-state index in [-0.39, 0.29) is 0 Å². The maximum absolute atomic E-state index is 5.52. The van der Waals surface area contributed by atoms with E-state index >= 15 is 0 Å². The molecule has 0 fully saturated rings. The highest BCUT2D eigenvalue weighted by atomic mass is 16.5. The number of hydrogen-bond donors (Lipinski definition) is 1. The van der Waals surface area contributed by atoms with Crippen LogP contribution in [0, 0.1) is 0 Å². The number of hydrogen-bond acceptors (Lipinski definition) is 3. The van der Waals surface area contributed by atoms with E-state index in [9.17, 15) is 0 Å². The lowest BCUT2D eigenvalue weighted by Crippen LogP contribution is -2.17. The molecule has 0 atom stereocenters. The molecule has 0 bridgehead atoms. The first-order chi connectivity index (χ1) is 10.9. The lowest BCUT2D eigenvalue weighted by Gasteiger charge is -2.13. The Morgan fingerprint density at radius 3 is 2.77 bits per heavy atom. The van der Waals surface area contributed by atoms with Crippen molar-refractivity contribution in [1.82, 2.24) is 10.3 Å². The van der Waals surface area contributed by atoms with Gasteiger partial charge in [0, 0.05) is 24.5 Å². The third-order valence-corrected chi connectivity index (χ3v) is 3.83. The Bertz CT molecular complexity index is 741. The highest BCUT2D eigenvalue weighted by molar-refractivity contribution is 5.87. The largest absolute Gasteiger partial charge is 0.496 e. The summed E-state index contributed by atoms with van der Waals surface area (Å²) in [5.74, 6) is 0.938. The van der Waals surface area contributed by atoms with Crippen molar-refractivity contribution in [2.75, 3.05) is 13.7 Å². The quantitative estimate of drug-likeness (QED) is 0.705. The molecule has 0 saturated heterocycles. The summed E-state index contributed by atoms with van der Waals surface area (Å²) < 4.78 is 5.52. The molecule has 0 amide bonds. The molecule has 0 unspecified atom stereocenters. The maximum Gasteiger partial charge on any atom is 0.123 e. The fraction of sp³-hybridized carbons (Fsp3) is 0.211. The third-order valence-electron chi connectivity index (χ3n) is 3.83. The van der Waals surface area contributed by atoms with Gasteiger partial charge in [-0.2, -0.15) is 0 Å². The van der Waals surface area contributed by atoms with Gasteiger partial charge in [-0.15, -0.1) is 0 Å². The SMILES string of the molecule is COc1ccc2ccccc2c1CNCCc1cccnc1. The van der Waals surface area contributed by atoms with Gasteiger partial charge in [-0.05, 0) is 41.4 Å². The second-order valence-electron chi connectivity index (χ2n) is 5.26. The monoisotopic (exact) mass is 292 g/mol. The van der Waals surface area contributed by atoms with Crippen LogP contribution in [0.25, 0.3) is 10.8 Å². The van der Waals surface area contributed by atoms with Gasteiger partial charge in [0.1, 0.15) is 5.75 Å². The molecule has 1 aromatic heterocycles. The number of pyridine rings is 1. The fourth-order valence-electron chi connectivity index (χ4n) is 2.68. The Kier molecular flexibility index (Phi) is 4.66. The van der Waals surface area contributed by atoms with Crippen molar-refractivity contribution in [3.8, 4) is 5.75 Å². The smallest absolute Gasteiger partial charge is 0.123 e. The predicted molar refractivity (Wildman–Crippen MR) is 90.1 cm³/mol. The highest BCUT2D eigenvalue weighted by Gasteiger charge is 2.07. The summed E-state index contributed by atoms with van der Waals surface area (Å²) in [6.07, 6.45) is 4.69. The fourth-order valence-corrected chi connectivity index (χ4v) is 2.68. The summed E-state index contributed by atoms with van der Waals surface area (Å²) in [6.45, 7) is 1.71. The minimum Gasteiger partial charge on any atom is -0.496 e. The second kappa shape index (κ2) is 7.05. The molecule has 2 aromatic carbocycles. The van der Waals surface area contributed by atoms with Gasteiger partial charge >= 0.3 is 0 Å². The van der Waals surface area contributed by atoms with Crippen LogP contribution in [-0.4, -0.2) is 18.6 Å². The highest BCUT2D eigenvalue weighted by Crippen LogP contribution is 2.27. The van der Waals surface area contributed by atoms with Crippen LogP contribution in [0.2, 0.25) is 0 Å². The average Bonchev–Trinajstić information content (AvgIpc) is 2.59. The molecule has 0 spiro atoms.